The average molecular weight is 383 g/mol. The van der Waals surface area contributed by atoms with E-state index in [4.69, 9.17) is 11.6 Å². The Bertz CT molecular complexity index is 749. The first kappa shape index (κ1) is 12.9. The molecule has 3 rings (SSSR count). The van der Waals surface area contributed by atoms with Gasteiger partial charge in [-0.15, -0.1) is 11.6 Å². The van der Waals surface area contributed by atoms with Gasteiger partial charge in [0.25, 0.3) is 0 Å². The maximum Gasteiger partial charge on any atom is 0.129 e. The number of hydrogen-bond acceptors (Lipinski definition) is 1. The van der Waals surface area contributed by atoms with Crippen LogP contribution in [0.3, 0.4) is 0 Å². The zero-order valence-corrected chi connectivity index (χ0v) is 13.3. The lowest BCUT2D eigenvalue weighted by atomic mass is 10.2. The smallest absolute Gasteiger partial charge is 0.129 e. The van der Waals surface area contributed by atoms with Crippen LogP contribution in [0.15, 0.2) is 42.5 Å². The van der Waals surface area contributed by atoms with Gasteiger partial charge in [-0.2, -0.15) is 0 Å². The summed E-state index contributed by atoms with van der Waals surface area (Å²) in [7, 11) is 0. The number of rotatable bonds is 2. The van der Waals surface area contributed by atoms with Gasteiger partial charge in [-0.1, -0.05) is 12.1 Å². The van der Waals surface area contributed by atoms with Gasteiger partial charge in [-0.3, -0.25) is 4.57 Å². The third-order valence-corrected chi connectivity index (χ3v) is 3.98. The lowest BCUT2D eigenvalue weighted by Crippen LogP contribution is -1.99. The minimum atomic E-state index is 0.402. The SMILES string of the molecule is Cc1ccc2nc(CCl)n(-c3cccc(I)c3)c2c1. The molecule has 0 aliphatic heterocycles. The minimum absolute atomic E-state index is 0.402. The molecular formula is C15H12ClIN2. The molecule has 1 heterocycles. The number of nitrogens with zero attached hydrogens (tertiary/aromatic N) is 2. The Hall–Kier alpha value is -1.07. The molecule has 0 fully saturated rings. The summed E-state index contributed by atoms with van der Waals surface area (Å²) in [4.78, 5) is 4.61. The molecule has 0 amide bonds. The molecule has 0 N–H and O–H groups in total. The highest BCUT2D eigenvalue weighted by molar-refractivity contribution is 14.1. The van der Waals surface area contributed by atoms with Gasteiger partial charge in [0.1, 0.15) is 5.82 Å². The van der Waals surface area contributed by atoms with E-state index in [9.17, 15) is 0 Å². The molecule has 0 aliphatic rings. The van der Waals surface area contributed by atoms with Crippen LogP contribution in [0.25, 0.3) is 16.7 Å². The highest BCUT2D eigenvalue weighted by Gasteiger charge is 2.11. The van der Waals surface area contributed by atoms with E-state index in [1.807, 2.05) is 6.07 Å². The van der Waals surface area contributed by atoms with Gasteiger partial charge in [0.2, 0.25) is 0 Å². The van der Waals surface area contributed by atoms with Gasteiger partial charge in [0.05, 0.1) is 16.9 Å². The molecule has 2 aromatic carbocycles. The van der Waals surface area contributed by atoms with Gasteiger partial charge in [0.15, 0.2) is 0 Å². The number of imidazole rings is 1. The van der Waals surface area contributed by atoms with Crippen molar-refractivity contribution in [3.63, 3.8) is 0 Å². The van der Waals surface area contributed by atoms with Crippen molar-refractivity contribution in [2.24, 2.45) is 0 Å². The molecule has 0 aliphatic carbocycles. The number of halogens is 2. The van der Waals surface area contributed by atoms with E-state index < -0.39 is 0 Å². The molecule has 96 valence electrons. The highest BCUT2D eigenvalue weighted by Crippen LogP contribution is 2.24. The Morgan fingerprint density at radius 2 is 2.05 bits per heavy atom. The summed E-state index contributed by atoms with van der Waals surface area (Å²) in [5, 5.41) is 0. The molecule has 0 spiro atoms. The van der Waals surface area contributed by atoms with Crippen molar-refractivity contribution in [1.82, 2.24) is 9.55 Å². The van der Waals surface area contributed by atoms with E-state index in [-0.39, 0.29) is 0 Å². The van der Waals surface area contributed by atoms with Gasteiger partial charge in [-0.25, -0.2) is 4.98 Å². The van der Waals surface area contributed by atoms with Gasteiger partial charge in [-0.05, 0) is 65.4 Å². The van der Waals surface area contributed by atoms with Crippen molar-refractivity contribution >= 4 is 45.2 Å². The second-order valence-electron chi connectivity index (χ2n) is 4.47. The van der Waals surface area contributed by atoms with Crippen LogP contribution >= 0.6 is 34.2 Å². The van der Waals surface area contributed by atoms with Crippen LogP contribution in [0.1, 0.15) is 11.4 Å². The van der Waals surface area contributed by atoms with Gasteiger partial charge in [0, 0.05) is 9.26 Å². The second-order valence-corrected chi connectivity index (χ2v) is 5.98. The number of benzene rings is 2. The molecule has 0 radical (unpaired) electrons. The summed E-state index contributed by atoms with van der Waals surface area (Å²) in [6.45, 7) is 2.09. The number of aromatic nitrogens is 2. The molecule has 4 heteroatoms. The summed E-state index contributed by atoms with van der Waals surface area (Å²) < 4.78 is 3.34. The molecule has 19 heavy (non-hydrogen) atoms. The fraction of sp³-hybridized carbons (Fsp3) is 0.133. The van der Waals surface area contributed by atoms with Crippen molar-refractivity contribution in [2.75, 3.05) is 0 Å². The number of fused-ring (bicyclic) bond motifs is 1. The van der Waals surface area contributed by atoms with E-state index in [1.165, 1.54) is 9.13 Å². The maximum atomic E-state index is 6.05. The first-order valence-corrected chi connectivity index (χ1v) is 7.60. The van der Waals surface area contributed by atoms with Gasteiger partial charge >= 0.3 is 0 Å². The van der Waals surface area contributed by atoms with Crippen LogP contribution < -0.4 is 0 Å². The number of hydrogen-bond donors (Lipinski definition) is 0. The van der Waals surface area contributed by atoms with Crippen LogP contribution in [0.4, 0.5) is 0 Å². The van der Waals surface area contributed by atoms with E-state index >= 15 is 0 Å². The Balaban J connectivity index is 2.34. The normalized spacial score (nSPS) is 11.1. The molecule has 0 bridgehead atoms. The standard InChI is InChI=1S/C15H12ClIN2/c1-10-5-6-13-14(7-10)19(15(9-16)18-13)12-4-2-3-11(17)8-12/h2-8H,9H2,1H3. The van der Waals surface area contributed by atoms with Crippen molar-refractivity contribution in [1.29, 1.82) is 0 Å². The summed E-state index contributed by atoms with van der Waals surface area (Å²) in [6.07, 6.45) is 0. The molecule has 0 saturated heterocycles. The van der Waals surface area contributed by atoms with Crippen molar-refractivity contribution in [3.05, 3.63) is 57.4 Å². The van der Waals surface area contributed by atoms with Crippen LogP contribution in [-0.4, -0.2) is 9.55 Å². The summed E-state index contributed by atoms with van der Waals surface area (Å²) >= 11 is 8.37. The quantitative estimate of drug-likeness (QED) is 0.465. The third-order valence-electron chi connectivity index (χ3n) is 3.07. The van der Waals surface area contributed by atoms with E-state index in [1.54, 1.807) is 0 Å². The average Bonchev–Trinajstić information content (AvgIpc) is 2.76. The summed E-state index contributed by atoms with van der Waals surface area (Å²) in [5.41, 5.74) is 4.42. The molecular weight excluding hydrogens is 371 g/mol. The largest absolute Gasteiger partial charge is 0.295 e. The summed E-state index contributed by atoms with van der Waals surface area (Å²) in [6, 6.07) is 14.6. The lowest BCUT2D eigenvalue weighted by molar-refractivity contribution is 0.980. The fourth-order valence-corrected chi connectivity index (χ4v) is 2.93. The Labute approximate surface area is 130 Å². The van der Waals surface area contributed by atoms with Crippen molar-refractivity contribution < 1.29 is 0 Å². The van der Waals surface area contributed by atoms with Crippen LogP contribution in [0, 0.1) is 10.5 Å². The molecule has 0 atom stereocenters. The predicted octanol–water partition coefficient (Wildman–Crippen LogP) is 4.68. The molecule has 0 unspecified atom stereocenters. The number of alkyl halides is 1. The Kier molecular flexibility index (Phi) is 3.50. The Morgan fingerprint density at radius 1 is 1.21 bits per heavy atom. The van der Waals surface area contributed by atoms with Gasteiger partial charge < -0.3 is 0 Å². The number of aryl methyl sites for hydroxylation is 1. The zero-order valence-electron chi connectivity index (χ0n) is 10.4. The minimum Gasteiger partial charge on any atom is -0.295 e. The van der Waals surface area contributed by atoms with E-state index in [2.05, 4.69) is 75.5 Å². The molecule has 3 aromatic rings. The second kappa shape index (κ2) is 5.13. The molecule has 2 nitrogen and oxygen atoms in total. The van der Waals surface area contributed by atoms with E-state index in [0.717, 1.165) is 22.5 Å². The first-order chi connectivity index (χ1) is 9.19. The summed E-state index contributed by atoms with van der Waals surface area (Å²) in [5.74, 6) is 1.28. The van der Waals surface area contributed by atoms with Crippen molar-refractivity contribution in [2.45, 2.75) is 12.8 Å². The molecule has 1 aromatic heterocycles. The fourth-order valence-electron chi connectivity index (χ4n) is 2.23. The zero-order chi connectivity index (χ0) is 13.4. The van der Waals surface area contributed by atoms with E-state index in [0.29, 0.717) is 5.88 Å². The first-order valence-electron chi connectivity index (χ1n) is 5.99. The highest BCUT2D eigenvalue weighted by atomic mass is 127. The predicted molar refractivity (Wildman–Crippen MR) is 88.1 cm³/mol. The van der Waals surface area contributed by atoms with Crippen LogP contribution in [0.2, 0.25) is 0 Å². The lowest BCUT2D eigenvalue weighted by Gasteiger charge is -2.08. The third kappa shape index (κ3) is 2.37. The molecule has 0 saturated carbocycles. The van der Waals surface area contributed by atoms with Crippen molar-refractivity contribution in [3.8, 4) is 5.69 Å². The van der Waals surface area contributed by atoms with Crippen LogP contribution in [0.5, 0.6) is 0 Å². The Morgan fingerprint density at radius 3 is 2.79 bits per heavy atom. The monoisotopic (exact) mass is 382 g/mol. The topological polar surface area (TPSA) is 17.8 Å². The van der Waals surface area contributed by atoms with Crippen LogP contribution in [-0.2, 0) is 5.88 Å². The maximum absolute atomic E-state index is 6.05.